The number of carbonyl (C=O) groups excluding carboxylic acids is 2. The van der Waals surface area contributed by atoms with Crippen LogP contribution in [-0.2, 0) is 19.1 Å². The normalized spacial score (nSPS) is 14.5. The monoisotopic (exact) mass is 206 g/mol. The number of thioether (sulfide) groups is 1. The average Bonchev–Trinajstić information content (AvgIpc) is 2.14. The van der Waals surface area contributed by atoms with Gasteiger partial charge in [-0.05, 0) is 13.8 Å². The summed E-state index contributed by atoms with van der Waals surface area (Å²) < 4.78 is 9.03. The van der Waals surface area contributed by atoms with Gasteiger partial charge >= 0.3 is 11.9 Å². The number of hydrogen-bond donors (Lipinski definition) is 0. The van der Waals surface area contributed by atoms with Gasteiger partial charge in [0.1, 0.15) is 10.5 Å². The van der Waals surface area contributed by atoms with Gasteiger partial charge < -0.3 is 9.47 Å². The summed E-state index contributed by atoms with van der Waals surface area (Å²) in [6, 6.07) is 0. The number of rotatable bonds is 4. The van der Waals surface area contributed by atoms with E-state index < -0.39 is 0 Å². The van der Waals surface area contributed by atoms with E-state index in [9.17, 15) is 9.59 Å². The van der Waals surface area contributed by atoms with E-state index in [-0.39, 0.29) is 22.4 Å². The van der Waals surface area contributed by atoms with E-state index in [2.05, 4.69) is 9.47 Å². The Morgan fingerprint density at radius 1 is 1.00 bits per heavy atom. The second-order valence-corrected chi connectivity index (χ2v) is 4.15. The van der Waals surface area contributed by atoms with Crippen LogP contribution in [0.15, 0.2) is 0 Å². The van der Waals surface area contributed by atoms with Crippen LogP contribution in [0.5, 0.6) is 0 Å². The van der Waals surface area contributed by atoms with E-state index in [1.165, 1.54) is 26.0 Å². The molecular formula is C8H14O4S. The molecule has 0 aromatic rings. The smallest absolute Gasteiger partial charge is 0.318 e. The minimum Gasteiger partial charge on any atom is -0.468 e. The van der Waals surface area contributed by atoms with Crippen molar-refractivity contribution in [2.75, 3.05) is 14.2 Å². The Morgan fingerprint density at radius 2 is 1.31 bits per heavy atom. The van der Waals surface area contributed by atoms with Gasteiger partial charge in [-0.25, -0.2) is 0 Å². The summed E-state index contributed by atoms with van der Waals surface area (Å²) in [6.07, 6.45) is 0. The SMILES string of the molecule is COC(=O)[C@H](C)S[C@H](C)C(=O)OC. The van der Waals surface area contributed by atoms with Gasteiger partial charge in [0.15, 0.2) is 0 Å². The van der Waals surface area contributed by atoms with Crippen molar-refractivity contribution in [3.63, 3.8) is 0 Å². The van der Waals surface area contributed by atoms with Crippen molar-refractivity contribution in [2.24, 2.45) is 0 Å². The molecule has 0 heterocycles. The fraction of sp³-hybridized carbons (Fsp3) is 0.750. The third kappa shape index (κ3) is 4.17. The highest BCUT2D eigenvalue weighted by atomic mass is 32.2. The maximum Gasteiger partial charge on any atom is 0.318 e. The van der Waals surface area contributed by atoms with Gasteiger partial charge in [-0.1, -0.05) is 0 Å². The standard InChI is InChI=1S/C8H14O4S/c1-5(7(9)11-3)13-6(2)8(10)12-4/h5-6H,1-4H3/t5-,6+. The van der Waals surface area contributed by atoms with Gasteiger partial charge in [-0.3, -0.25) is 9.59 Å². The summed E-state index contributed by atoms with van der Waals surface area (Å²) in [4.78, 5) is 21.9. The maximum absolute atomic E-state index is 11.0. The van der Waals surface area contributed by atoms with Crippen LogP contribution in [0.1, 0.15) is 13.8 Å². The largest absolute Gasteiger partial charge is 0.468 e. The van der Waals surface area contributed by atoms with Gasteiger partial charge in [0.25, 0.3) is 0 Å². The lowest BCUT2D eigenvalue weighted by Crippen LogP contribution is -2.23. The predicted molar refractivity (Wildman–Crippen MR) is 50.5 cm³/mol. The van der Waals surface area contributed by atoms with Crippen molar-refractivity contribution in [1.29, 1.82) is 0 Å². The molecule has 0 aliphatic rings. The molecule has 76 valence electrons. The van der Waals surface area contributed by atoms with Crippen molar-refractivity contribution in [3.05, 3.63) is 0 Å². The molecule has 5 heteroatoms. The van der Waals surface area contributed by atoms with Crippen molar-refractivity contribution < 1.29 is 19.1 Å². The lowest BCUT2D eigenvalue weighted by Gasteiger charge is -2.12. The third-order valence-electron chi connectivity index (χ3n) is 1.47. The van der Waals surface area contributed by atoms with E-state index in [4.69, 9.17) is 0 Å². The zero-order valence-electron chi connectivity index (χ0n) is 8.20. The van der Waals surface area contributed by atoms with E-state index in [1.54, 1.807) is 13.8 Å². The maximum atomic E-state index is 11.0. The first-order valence-corrected chi connectivity index (χ1v) is 4.78. The molecule has 0 amide bonds. The van der Waals surface area contributed by atoms with Crippen LogP contribution in [0.25, 0.3) is 0 Å². The highest BCUT2D eigenvalue weighted by molar-refractivity contribution is 8.01. The number of carbonyl (C=O) groups is 2. The topological polar surface area (TPSA) is 52.6 Å². The predicted octanol–water partition coefficient (Wildman–Crippen LogP) is 0.843. The van der Waals surface area contributed by atoms with Crippen LogP contribution in [0.4, 0.5) is 0 Å². The Hall–Kier alpha value is -0.710. The Morgan fingerprint density at radius 3 is 1.54 bits per heavy atom. The third-order valence-corrected chi connectivity index (χ3v) is 2.68. The van der Waals surface area contributed by atoms with E-state index in [1.807, 2.05) is 0 Å². The second kappa shape index (κ2) is 5.85. The molecule has 0 fully saturated rings. The lowest BCUT2D eigenvalue weighted by molar-refractivity contribution is -0.139. The molecule has 0 rings (SSSR count). The molecule has 0 unspecified atom stereocenters. The molecular weight excluding hydrogens is 192 g/mol. The molecule has 0 bridgehead atoms. The summed E-state index contributed by atoms with van der Waals surface area (Å²) in [7, 11) is 2.64. The van der Waals surface area contributed by atoms with Crippen LogP contribution in [0.3, 0.4) is 0 Å². The minimum absolute atomic E-state index is 0.333. The van der Waals surface area contributed by atoms with Crippen LogP contribution in [0.2, 0.25) is 0 Å². The first-order valence-electron chi connectivity index (χ1n) is 3.84. The lowest BCUT2D eigenvalue weighted by atomic mass is 10.5. The molecule has 0 aliphatic heterocycles. The molecule has 4 nitrogen and oxygen atoms in total. The van der Waals surface area contributed by atoms with Crippen LogP contribution in [0, 0.1) is 0 Å². The highest BCUT2D eigenvalue weighted by Gasteiger charge is 2.22. The molecule has 0 N–H and O–H groups in total. The van der Waals surface area contributed by atoms with Gasteiger partial charge in [-0.2, -0.15) is 0 Å². The number of ether oxygens (including phenoxy) is 2. The molecule has 0 aromatic heterocycles. The van der Waals surface area contributed by atoms with Gasteiger partial charge in [0.2, 0.25) is 0 Å². The first-order chi connectivity index (χ1) is 6.02. The van der Waals surface area contributed by atoms with Crippen molar-refractivity contribution in [3.8, 4) is 0 Å². The molecule has 0 aromatic carbocycles. The zero-order chi connectivity index (χ0) is 10.4. The molecule has 13 heavy (non-hydrogen) atoms. The molecule has 2 atom stereocenters. The Kier molecular flexibility index (Phi) is 5.53. The fourth-order valence-electron chi connectivity index (χ4n) is 0.749. The number of esters is 2. The number of methoxy groups -OCH3 is 2. The minimum atomic E-state index is -0.348. The summed E-state index contributed by atoms with van der Waals surface area (Å²) >= 11 is 1.22. The van der Waals surface area contributed by atoms with Crippen LogP contribution < -0.4 is 0 Å². The average molecular weight is 206 g/mol. The molecule has 0 spiro atoms. The van der Waals surface area contributed by atoms with Gasteiger partial charge in [0, 0.05) is 0 Å². The zero-order valence-corrected chi connectivity index (χ0v) is 9.01. The van der Waals surface area contributed by atoms with E-state index in [0.717, 1.165) is 0 Å². The second-order valence-electron chi connectivity index (χ2n) is 2.47. The molecule has 0 radical (unpaired) electrons. The van der Waals surface area contributed by atoms with Crippen molar-refractivity contribution in [1.82, 2.24) is 0 Å². The van der Waals surface area contributed by atoms with Crippen LogP contribution >= 0.6 is 11.8 Å². The Bertz CT molecular complexity index is 173. The highest BCUT2D eigenvalue weighted by Crippen LogP contribution is 2.19. The summed E-state index contributed by atoms with van der Waals surface area (Å²) in [6.45, 7) is 3.38. The fourth-order valence-corrected chi connectivity index (χ4v) is 1.78. The van der Waals surface area contributed by atoms with Crippen LogP contribution in [-0.4, -0.2) is 36.7 Å². The summed E-state index contributed by atoms with van der Waals surface area (Å²) in [5.74, 6) is -0.665. The van der Waals surface area contributed by atoms with Crippen molar-refractivity contribution >= 4 is 23.7 Å². The quantitative estimate of drug-likeness (QED) is 0.638. The van der Waals surface area contributed by atoms with E-state index in [0.29, 0.717) is 0 Å². The summed E-state index contributed by atoms with van der Waals surface area (Å²) in [5, 5.41) is -0.696. The Balaban J connectivity index is 3.98. The molecule has 0 saturated heterocycles. The van der Waals surface area contributed by atoms with Gasteiger partial charge in [0.05, 0.1) is 14.2 Å². The molecule has 0 aliphatic carbocycles. The number of hydrogen-bond acceptors (Lipinski definition) is 5. The first kappa shape index (κ1) is 12.3. The van der Waals surface area contributed by atoms with Gasteiger partial charge in [-0.15, -0.1) is 11.8 Å². The Labute approximate surface area is 82.0 Å². The summed E-state index contributed by atoms with van der Waals surface area (Å²) in [5.41, 5.74) is 0. The molecule has 0 saturated carbocycles. The van der Waals surface area contributed by atoms with E-state index >= 15 is 0 Å². The van der Waals surface area contributed by atoms with Crippen molar-refractivity contribution in [2.45, 2.75) is 24.3 Å².